The molecular formula is C91H131N21O21S. The van der Waals surface area contributed by atoms with Gasteiger partial charge in [0.15, 0.2) is 0 Å². The van der Waals surface area contributed by atoms with E-state index in [0.717, 1.165) is 36.3 Å². The number of phenols is 1. The van der Waals surface area contributed by atoms with Crippen LogP contribution in [0.15, 0.2) is 85.2 Å². The fourth-order valence-corrected chi connectivity index (χ4v) is 17.7. The van der Waals surface area contributed by atoms with E-state index in [1.807, 2.05) is 13.8 Å². The molecule has 17 amide bonds. The number of benzene rings is 3. The molecule has 2 aromatic heterocycles. The number of fused-ring (bicyclic) bond motifs is 4. The number of H-pyrrole nitrogens is 1. The number of hydrogen-bond acceptors (Lipinski definition) is 23. The molecule has 0 radical (unpaired) electrons. The summed E-state index contributed by atoms with van der Waals surface area (Å²) in [5, 5.41) is 59.4. The molecule has 3 aliphatic heterocycles. The monoisotopic (exact) mass is 1890 g/mol. The topological polar surface area (TPSA) is 629 Å². The normalized spacial score (nSPS) is 24.9. The number of nitrogens with two attached hydrogens (primary N) is 4. The van der Waals surface area contributed by atoms with Crippen molar-refractivity contribution >= 4 is 140 Å². The van der Waals surface area contributed by atoms with Crippen molar-refractivity contribution in [3.05, 3.63) is 102 Å². The van der Waals surface area contributed by atoms with E-state index < -0.39 is 241 Å². The maximum Gasteiger partial charge on any atom is 0.323 e. The SMILES string of the molecule is CCCC[C@H]1C(=O)N(C)[C@@H](CCCC)C(=O)N[C@@H](CC(C)C)C(=O)N[C@H](C(=O)NCC(N)=O)CSCC(=O)N[C@@H](Cc2ccc(O)cc2)C(=O)N(C)[C@@H](C)C(=O)N[C@@H](CC(N)=O)C(=O)N2CCC[C@H]2C(=O)N[C@@H](CN)C(=O)N[C@@H](CC(C)C)C(=O)N2C[C@H](O)C[C@H]2C(=O)N[C@@H](Cc2c[nH]c3ccccc23)C(=O)N[C@@H](CCN)C(=O)NC(Cc2cn(CC(=O)O)c3ccccc23)C(=O)N1C. The van der Waals surface area contributed by atoms with Gasteiger partial charge in [-0.2, -0.15) is 0 Å². The van der Waals surface area contributed by atoms with E-state index in [4.69, 9.17) is 22.9 Å². The minimum Gasteiger partial charge on any atom is -0.508 e. The first-order chi connectivity index (χ1) is 63.6. The van der Waals surface area contributed by atoms with Gasteiger partial charge in [-0.15, -0.1) is 11.8 Å². The molecule has 3 aliphatic rings. The first-order valence-corrected chi connectivity index (χ1v) is 46.5. The van der Waals surface area contributed by atoms with Gasteiger partial charge in [-0.05, 0) is 111 Å². The lowest BCUT2D eigenvalue weighted by atomic mass is 9.99. The second kappa shape index (κ2) is 50.4. The van der Waals surface area contributed by atoms with Crippen molar-refractivity contribution in [3.8, 4) is 5.75 Å². The average molecular weight is 1890 g/mol. The third-order valence-corrected chi connectivity index (χ3v) is 25.1. The van der Waals surface area contributed by atoms with Crippen LogP contribution in [-0.4, -0.2) is 312 Å². The molecule has 732 valence electrons. The number of aromatic nitrogens is 2. The van der Waals surface area contributed by atoms with Crippen LogP contribution in [0.2, 0.25) is 0 Å². The Morgan fingerprint density at radius 1 is 0.545 bits per heavy atom. The number of aromatic hydroxyl groups is 1. The van der Waals surface area contributed by atoms with E-state index in [1.54, 1.807) is 82.4 Å². The Morgan fingerprint density at radius 3 is 1.73 bits per heavy atom. The lowest BCUT2D eigenvalue weighted by molar-refractivity contribution is -0.149. The summed E-state index contributed by atoms with van der Waals surface area (Å²) in [5.41, 5.74) is 25.9. The number of aliphatic carboxylic acids is 1. The number of hydrogen-bond donors (Lipinski definition) is 18. The maximum atomic E-state index is 16.0. The van der Waals surface area contributed by atoms with Crippen molar-refractivity contribution < 1.29 is 102 Å². The highest BCUT2D eigenvalue weighted by atomic mass is 32.2. The largest absolute Gasteiger partial charge is 0.508 e. The number of thioether (sulfide) groups is 1. The molecule has 134 heavy (non-hydrogen) atoms. The zero-order chi connectivity index (χ0) is 98.6. The van der Waals surface area contributed by atoms with Gasteiger partial charge in [-0.25, -0.2) is 0 Å². The number of unbranched alkanes of at least 4 members (excludes halogenated alkanes) is 2. The molecule has 5 aromatic rings. The Labute approximate surface area is 781 Å². The van der Waals surface area contributed by atoms with Crippen LogP contribution in [0.3, 0.4) is 0 Å². The number of aliphatic hydroxyl groups is 1. The fraction of sp³-hybridized carbons (Fsp3) is 0.560. The van der Waals surface area contributed by atoms with Crippen molar-refractivity contribution in [1.29, 1.82) is 0 Å². The van der Waals surface area contributed by atoms with Crippen LogP contribution < -0.4 is 76.1 Å². The Bertz CT molecular complexity index is 5050. The van der Waals surface area contributed by atoms with Crippen LogP contribution in [0.4, 0.5) is 0 Å². The minimum absolute atomic E-state index is 0.00250. The third kappa shape index (κ3) is 29.4. The molecular weight excluding hydrogens is 1760 g/mol. The van der Waals surface area contributed by atoms with Gasteiger partial charge in [0.1, 0.15) is 96.9 Å². The molecule has 15 atom stereocenters. The van der Waals surface area contributed by atoms with E-state index in [2.05, 4.69) is 58.2 Å². The van der Waals surface area contributed by atoms with Crippen molar-refractivity contribution in [3.63, 3.8) is 0 Å². The van der Waals surface area contributed by atoms with Crippen LogP contribution in [0.25, 0.3) is 21.8 Å². The fourth-order valence-electron chi connectivity index (χ4n) is 16.8. The van der Waals surface area contributed by atoms with Gasteiger partial charge in [0, 0.05) is 106 Å². The molecule has 3 aromatic carbocycles. The number of carbonyl (C=O) groups excluding carboxylic acids is 17. The van der Waals surface area contributed by atoms with E-state index >= 15 is 33.6 Å². The lowest BCUT2D eigenvalue weighted by Crippen LogP contribution is -2.62. The summed E-state index contributed by atoms with van der Waals surface area (Å²) in [7, 11) is 3.91. The second-order valence-corrected chi connectivity index (χ2v) is 36.3. The number of carboxylic acid groups (broad SMARTS) is 1. The molecule has 8 rings (SSSR count). The summed E-state index contributed by atoms with van der Waals surface area (Å²) in [6.45, 7) is 9.26. The minimum atomic E-state index is -1.77. The number of amides is 17. The summed E-state index contributed by atoms with van der Waals surface area (Å²) < 4.78 is 1.44. The molecule has 1 unspecified atom stereocenters. The van der Waals surface area contributed by atoms with Gasteiger partial charge in [-0.1, -0.05) is 116 Å². The van der Waals surface area contributed by atoms with Gasteiger partial charge < -0.3 is 125 Å². The number of primary amides is 2. The summed E-state index contributed by atoms with van der Waals surface area (Å²) in [6, 6.07) is -2.14. The predicted molar refractivity (Wildman–Crippen MR) is 495 cm³/mol. The van der Waals surface area contributed by atoms with Gasteiger partial charge in [0.25, 0.3) is 0 Å². The second-order valence-electron chi connectivity index (χ2n) is 35.3. The van der Waals surface area contributed by atoms with Crippen LogP contribution in [-0.2, 0) is 112 Å². The summed E-state index contributed by atoms with van der Waals surface area (Å²) >= 11 is 0.785. The first kappa shape index (κ1) is 107. The van der Waals surface area contributed by atoms with E-state index in [0.29, 0.717) is 64.2 Å². The Hall–Kier alpha value is -12.8. The highest BCUT2D eigenvalue weighted by molar-refractivity contribution is 8.00. The number of carbonyl (C=O) groups is 18. The Balaban J connectivity index is 1.21. The van der Waals surface area contributed by atoms with E-state index in [-0.39, 0.29) is 101 Å². The molecule has 0 saturated carbocycles. The first-order valence-electron chi connectivity index (χ1n) is 45.3. The smallest absolute Gasteiger partial charge is 0.323 e. The molecule has 5 heterocycles. The van der Waals surface area contributed by atoms with Crippen LogP contribution in [0.1, 0.15) is 149 Å². The quantitative estimate of drug-likeness (QED) is 0.0278. The highest BCUT2D eigenvalue weighted by Crippen LogP contribution is 2.29. The van der Waals surface area contributed by atoms with Gasteiger partial charge in [0.2, 0.25) is 100 Å². The third-order valence-electron chi connectivity index (χ3n) is 24.1. The molecule has 0 spiro atoms. The van der Waals surface area contributed by atoms with Gasteiger partial charge >= 0.3 is 5.97 Å². The number of nitrogens with zero attached hydrogens (tertiary/aromatic N) is 6. The number of phenolic OH excluding ortho intramolecular Hbond substituents is 1. The Kier molecular flexibility index (Phi) is 40.1. The maximum absolute atomic E-state index is 16.0. The zero-order valence-electron chi connectivity index (χ0n) is 77.5. The van der Waals surface area contributed by atoms with Gasteiger partial charge in [-0.3, -0.25) is 86.3 Å². The summed E-state index contributed by atoms with van der Waals surface area (Å²) in [6.07, 6.45) is 0.961. The molecule has 42 nitrogen and oxygen atoms in total. The van der Waals surface area contributed by atoms with E-state index in [9.17, 15) is 68.1 Å². The predicted octanol–water partition coefficient (Wildman–Crippen LogP) is -2.24. The van der Waals surface area contributed by atoms with Gasteiger partial charge in [0.05, 0.1) is 24.8 Å². The molecule has 22 N–H and O–H groups in total. The number of para-hydroxylation sites is 2. The summed E-state index contributed by atoms with van der Waals surface area (Å²) in [5.74, 6) is -18.8. The lowest BCUT2D eigenvalue weighted by Gasteiger charge is -2.36. The number of nitrogens with one attached hydrogen (secondary N) is 11. The number of carboxylic acids is 1. The number of aromatic amines is 1. The van der Waals surface area contributed by atoms with E-state index in [1.165, 1.54) is 63.1 Å². The summed E-state index contributed by atoms with van der Waals surface area (Å²) in [4.78, 5) is 271. The molecule has 0 bridgehead atoms. The highest BCUT2D eigenvalue weighted by Gasteiger charge is 2.47. The molecule has 0 aliphatic carbocycles. The van der Waals surface area contributed by atoms with Crippen molar-refractivity contribution in [1.82, 2.24) is 87.2 Å². The van der Waals surface area contributed by atoms with Crippen LogP contribution >= 0.6 is 11.8 Å². The zero-order valence-corrected chi connectivity index (χ0v) is 78.3. The van der Waals surface area contributed by atoms with Crippen molar-refractivity contribution in [2.24, 2.45) is 34.8 Å². The molecule has 3 fully saturated rings. The number of aliphatic hydroxyl groups excluding tert-OH is 1. The van der Waals surface area contributed by atoms with Crippen LogP contribution in [0.5, 0.6) is 5.75 Å². The number of likely N-dealkylation sites (N-methyl/N-ethyl adjacent to an activating group) is 3. The van der Waals surface area contributed by atoms with Crippen molar-refractivity contribution in [2.75, 3.05) is 65.4 Å². The van der Waals surface area contributed by atoms with Crippen molar-refractivity contribution in [2.45, 2.75) is 248 Å². The molecule has 43 heteroatoms. The Morgan fingerprint density at radius 2 is 1.09 bits per heavy atom. The average Bonchev–Trinajstić information content (AvgIpc) is 1.64. The standard InChI is InChI=1S/C91H131N21O21S/c1-11-13-23-70-84(126)100-61(34-49(3)4)81(123)106-68(79(121)97-43-75(95)116)47-134-48-76(117)98-64(36-52-27-29-55(113)30-28-52)87(129)107(8)51(7)78(120)102-66(40-74(94)115)89(131)111-33-19-26-71(111)85(127)105-67(41-93)83(125)103-63(35-50(5)6)90(132)112-45-56(114)39-73(112)86(128)101-62(37-53-42-96-59-22-17-15-20-57(53)59)82(124)99-60(31-32-92)80(122)104-65(88(130)109(10)72(24-14-12-2)91(133)108(70)9)38-54-44-110(46-77(118)119)69-25-18-16-21-58(54)69/h15-18,20-22,25,27-30,42,44,49-51,56,60-68,70-73,96,113-114H,11-14,19,23-24,26,31-41,43,45-48,92-93H2,1-10H3,(H2,94,115)(H2,95,116)(H,97,121)(H,98,117)(H,99,124)(H,100,126)(H,101,128)(H,102,120)(H,103,125)(H,104,122)(H,105,127)(H,106,123)(H,118,119)/t51-,56+,60-,61-,62-,63-,64-,65?,66-,67-,68-,70-,71-,72-,73-/m0/s1. The van der Waals surface area contributed by atoms with Crippen LogP contribution in [0, 0.1) is 11.8 Å². The number of rotatable bonds is 26. The molecule has 3 saturated heterocycles.